The summed E-state index contributed by atoms with van der Waals surface area (Å²) < 4.78 is 36.9. The fourth-order valence-corrected chi connectivity index (χ4v) is 1.95. The second-order valence-corrected chi connectivity index (χ2v) is 4.44. The van der Waals surface area contributed by atoms with Crippen molar-refractivity contribution in [1.29, 1.82) is 5.26 Å². The normalized spacial score (nSPS) is 12.9. The lowest BCUT2D eigenvalue weighted by atomic mass is 9.95. The number of carbonyl (C=O) groups excluding carboxylic acids is 1. The Morgan fingerprint density at radius 3 is 2.28 bits per heavy atom. The van der Waals surface area contributed by atoms with E-state index in [1.165, 1.54) is 12.1 Å². The molecule has 0 spiro atoms. The topological polar surface area (TPSA) is 40.9 Å². The molecule has 2 nitrogen and oxygen atoms in total. The summed E-state index contributed by atoms with van der Waals surface area (Å²) in [4.78, 5) is 11.1. The molecule has 8 heteroatoms. The molecule has 0 N–H and O–H groups in total. The van der Waals surface area contributed by atoms with Crippen molar-refractivity contribution in [3.8, 4) is 6.07 Å². The summed E-state index contributed by atoms with van der Waals surface area (Å²) in [6.07, 6.45) is -5.14. The van der Waals surface area contributed by atoms with E-state index in [9.17, 15) is 18.0 Å². The van der Waals surface area contributed by atoms with Gasteiger partial charge in [-0.15, -0.1) is 0 Å². The zero-order valence-electron chi connectivity index (χ0n) is 8.36. The first-order valence-electron chi connectivity index (χ1n) is 4.33. The van der Waals surface area contributed by atoms with Crippen LogP contribution in [0.4, 0.5) is 13.2 Å². The van der Waals surface area contributed by atoms with E-state index in [-0.39, 0.29) is 20.6 Å². The minimum Gasteiger partial charge on any atom is -0.288 e. The third-order valence-electron chi connectivity index (χ3n) is 2.00. The molecule has 0 bridgehead atoms. The first kappa shape index (κ1) is 15.1. The number of Topliss-reactive ketones (excluding diaryl/α,β-unsaturated/α-hetero) is 1. The molecule has 0 aliphatic heterocycles. The fraction of sp³-hybridized carbons (Fsp3) is 0.200. The lowest BCUT2D eigenvalue weighted by Crippen LogP contribution is -2.28. The Morgan fingerprint density at radius 2 is 1.83 bits per heavy atom. The summed E-state index contributed by atoms with van der Waals surface area (Å²) in [5.74, 6) is -4.31. The fourth-order valence-electron chi connectivity index (χ4n) is 1.22. The summed E-state index contributed by atoms with van der Waals surface area (Å²) in [5, 5.41) is 8.25. The Hall–Kier alpha value is -0.960. The maximum Gasteiger partial charge on any atom is 0.451 e. The van der Waals surface area contributed by atoms with Crippen molar-refractivity contribution in [2.75, 3.05) is 0 Å². The minimum absolute atomic E-state index is 0.0189. The van der Waals surface area contributed by atoms with E-state index in [0.29, 0.717) is 0 Å². The maximum atomic E-state index is 12.3. The van der Waals surface area contributed by atoms with Crippen molar-refractivity contribution in [1.82, 2.24) is 0 Å². The molecule has 0 aliphatic rings. The highest BCUT2D eigenvalue weighted by molar-refractivity contribution is 6.44. The molecule has 0 radical (unpaired) electrons. The SMILES string of the molecule is N#CC(C(=O)C(F)(F)F)c1cc(Cl)cc(Cl)c1Cl. The van der Waals surface area contributed by atoms with Crippen molar-refractivity contribution < 1.29 is 18.0 Å². The number of benzene rings is 1. The van der Waals surface area contributed by atoms with Crippen LogP contribution in [0.15, 0.2) is 12.1 Å². The lowest BCUT2D eigenvalue weighted by molar-refractivity contribution is -0.171. The molecule has 1 aromatic carbocycles. The predicted molar refractivity (Wildman–Crippen MR) is 60.9 cm³/mol. The molecule has 18 heavy (non-hydrogen) atoms. The largest absolute Gasteiger partial charge is 0.451 e. The van der Waals surface area contributed by atoms with Gasteiger partial charge in [-0.05, 0) is 17.7 Å². The number of nitriles is 1. The van der Waals surface area contributed by atoms with Crippen LogP contribution in [0.1, 0.15) is 11.5 Å². The van der Waals surface area contributed by atoms with Crippen LogP contribution in [0.3, 0.4) is 0 Å². The number of hydrogen-bond acceptors (Lipinski definition) is 2. The molecule has 0 saturated heterocycles. The predicted octanol–water partition coefficient (Wildman–Crippen LogP) is 4.39. The van der Waals surface area contributed by atoms with E-state index < -0.39 is 17.9 Å². The Labute approximate surface area is 115 Å². The van der Waals surface area contributed by atoms with E-state index in [1.54, 1.807) is 0 Å². The Kier molecular flexibility index (Phi) is 4.49. The molecule has 0 fully saturated rings. The first-order valence-corrected chi connectivity index (χ1v) is 5.47. The third kappa shape index (κ3) is 3.08. The van der Waals surface area contributed by atoms with Crippen LogP contribution in [0.25, 0.3) is 0 Å². The van der Waals surface area contributed by atoms with Crippen molar-refractivity contribution in [2.45, 2.75) is 12.1 Å². The van der Waals surface area contributed by atoms with E-state index >= 15 is 0 Å². The van der Waals surface area contributed by atoms with Crippen LogP contribution < -0.4 is 0 Å². The Morgan fingerprint density at radius 1 is 1.28 bits per heavy atom. The van der Waals surface area contributed by atoms with Crippen LogP contribution in [0.5, 0.6) is 0 Å². The number of ketones is 1. The number of nitrogens with zero attached hydrogens (tertiary/aromatic N) is 1. The molecule has 1 aromatic rings. The molecule has 96 valence electrons. The number of carbonyl (C=O) groups is 1. The third-order valence-corrected chi connectivity index (χ3v) is 3.04. The highest BCUT2D eigenvalue weighted by atomic mass is 35.5. The number of halogens is 6. The van der Waals surface area contributed by atoms with Gasteiger partial charge in [-0.3, -0.25) is 4.79 Å². The molecule has 0 amide bonds. The number of hydrogen-bond donors (Lipinski definition) is 0. The number of alkyl halides is 3. The van der Waals surface area contributed by atoms with Crippen molar-refractivity contribution in [3.05, 3.63) is 32.8 Å². The van der Waals surface area contributed by atoms with Gasteiger partial charge in [0, 0.05) is 5.02 Å². The average Bonchev–Trinajstić information content (AvgIpc) is 2.24. The summed E-state index contributed by atoms with van der Waals surface area (Å²) in [5.41, 5.74) is -0.362. The molecular weight excluding hydrogens is 313 g/mol. The van der Waals surface area contributed by atoms with Crippen molar-refractivity contribution in [3.63, 3.8) is 0 Å². The maximum absolute atomic E-state index is 12.3. The quantitative estimate of drug-likeness (QED) is 0.759. The second kappa shape index (κ2) is 5.35. The smallest absolute Gasteiger partial charge is 0.288 e. The van der Waals surface area contributed by atoms with E-state index in [1.807, 2.05) is 0 Å². The summed E-state index contributed by atoms with van der Waals surface area (Å²) in [6, 6.07) is 3.45. The highest BCUT2D eigenvalue weighted by Gasteiger charge is 2.45. The van der Waals surface area contributed by atoms with Crippen LogP contribution in [0.2, 0.25) is 15.1 Å². The molecule has 1 atom stereocenters. The zero-order chi connectivity index (χ0) is 14.1. The molecule has 0 aromatic heterocycles. The molecule has 1 unspecified atom stereocenters. The van der Waals surface area contributed by atoms with Gasteiger partial charge in [0.2, 0.25) is 0 Å². The van der Waals surface area contributed by atoms with Gasteiger partial charge in [-0.1, -0.05) is 34.8 Å². The van der Waals surface area contributed by atoms with Crippen LogP contribution in [-0.2, 0) is 4.79 Å². The molecule has 0 aliphatic carbocycles. The van der Waals surface area contributed by atoms with Crippen molar-refractivity contribution in [2.24, 2.45) is 0 Å². The lowest BCUT2D eigenvalue weighted by Gasteiger charge is -2.13. The summed E-state index contributed by atoms with van der Waals surface area (Å²) in [6.45, 7) is 0. The summed E-state index contributed by atoms with van der Waals surface area (Å²) >= 11 is 16.9. The van der Waals surface area contributed by atoms with Gasteiger partial charge >= 0.3 is 6.18 Å². The van der Waals surface area contributed by atoms with Gasteiger partial charge in [0.25, 0.3) is 5.78 Å². The van der Waals surface area contributed by atoms with Gasteiger partial charge in [-0.2, -0.15) is 18.4 Å². The van der Waals surface area contributed by atoms with Gasteiger partial charge in [-0.25, -0.2) is 0 Å². The van der Waals surface area contributed by atoms with E-state index in [0.717, 1.165) is 6.07 Å². The van der Waals surface area contributed by atoms with Crippen LogP contribution in [0, 0.1) is 11.3 Å². The molecular formula is C10H3Cl3F3NO. The zero-order valence-corrected chi connectivity index (χ0v) is 10.6. The molecule has 0 saturated carbocycles. The van der Waals surface area contributed by atoms with Gasteiger partial charge in [0.05, 0.1) is 16.1 Å². The van der Waals surface area contributed by atoms with Crippen LogP contribution in [-0.4, -0.2) is 12.0 Å². The average molecular weight is 316 g/mol. The summed E-state index contributed by atoms with van der Waals surface area (Å²) in [7, 11) is 0. The second-order valence-electron chi connectivity index (χ2n) is 3.21. The first-order chi connectivity index (χ1) is 8.18. The highest BCUT2D eigenvalue weighted by Crippen LogP contribution is 2.37. The van der Waals surface area contributed by atoms with E-state index in [2.05, 4.69) is 0 Å². The minimum atomic E-state index is -5.14. The molecule has 0 heterocycles. The van der Waals surface area contributed by atoms with E-state index in [4.69, 9.17) is 40.1 Å². The number of rotatable bonds is 2. The van der Waals surface area contributed by atoms with Gasteiger partial charge in [0.15, 0.2) is 0 Å². The van der Waals surface area contributed by atoms with Gasteiger partial charge in [0.1, 0.15) is 5.92 Å². The van der Waals surface area contributed by atoms with Crippen LogP contribution >= 0.6 is 34.8 Å². The van der Waals surface area contributed by atoms with Gasteiger partial charge < -0.3 is 0 Å². The van der Waals surface area contributed by atoms with Crippen molar-refractivity contribution >= 4 is 40.6 Å². The Bertz CT molecular complexity index is 536. The molecule has 1 rings (SSSR count). The monoisotopic (exact) mass is 315 g/mol. The Balaban J connectivity index is 3.36. The standard InChI is InChI=1S/C10H3Cl3F3NO/c11-4-1-5(8(13)7(12)2-4)6(3-17)9(18)10(14,15)16/h1-2,6H.